The van der Waals surface area contributed by atoms with E-state index in [-0.39, 0.29) is 73.8 Å². The number of aryl methyl sites for hydroxylation is 1. The van der Waals surface area contributed by atoms with Crippen molar-refractivity contribution in [1.29, 1.82) is 5.26 Å². The van der Waals surface area contributed by atoms with Crippen LogP contribution in [0.15, 0.2) is 88.4 Å². The van der Waals surface area contributed by atoms with E-state index in [0.717, 1.165) is 16.7 Å². The summed E-state index contributed by atoms with van der Waals surface area (Å²) in [5.74, 6) is 0.777. The van der Waals surface area contributed by atoms with Gasteiger partial charge in [-0.05, 0) is 60.7 Å². The summed E-state index contributed by atoms with van der Waals surface area (Å²) in [5.41, 5.74) is 5.77. The highest BCUT2D eigenvalue weighted by molar-refractivity contribution is 8.02. The Hall–Kier alpha value is -5.34. The molecule has 9 rings (SSSR count). The van der Waals surface area contributed by atoms with E-state index in [1.807, 2.05) is 43.1 Å². The molecule has 1 unspecified atom stereocenters. The minimum atomic E-state index is -2.10. The fourth-order valence-electron chi connectivity index (χ4n) is 10.7. The predicted octanol–water partition coefficient (Wildman–Crippen LogP) is 5.63. The number of aliphatic hydroxyl groups is 1. The molecule has 4 heterocycles. The third kappa shape index (κ3) is 6.58. The highest BCUT2D eigenvalue weighted by atomic mass is 32.2. The summed E-state index contributed by atoms with van der Waals surface area (Å²) in [6, 6.07) is 18.0. The zero-order valence-electron chi connectivity index (χ0n) is 35.5. The first kappa shape index (κ1) is 42.0. The molecule has 3 aromatic rings. The molecule has 3 fully saturated rings. The molecule has 14 nitrogen and oxygen atoms in total. The largest absolute Gasteiger partial charge is 0.493 e. The summed E-state index contributed by atoms with van der Waals surface area (Å²) in [6.07, 6.45) is 0.378. The first-order valence-electron chi connectivity index (χ1n) is 20.6. The molecule has 0 radical (unpaired) electrons. The topological polar surface area (TPSA) is 158 Å². The molecular formula is C47H49N3O11S. The summed E-state index contributed by atoms with van der Waals surface area (Å²) in [4.78, 5) is 32.9. The number of methoxy groups -OCH3 is 3. The highest BCUT2D eigenvalue weighted by Crippen LogP contribution is 2.57. The highest BCUT2D eigenvalue weighted by Gasteiger charge is 2.64. The standard InChI is InChI=1S/C47H49N3O11S/c1-25-15-27-16-33-35(18-48)50-34(40(49(33)3)38(27)43(41(25)56-6)59-23-55-5)17-47(53)39(44-42(60-24-61-44)26(2)45(47)51)36(50)19-57-46(52)37(58-22-54-4)21-62-20-32-30-13-9-7-11-28(30)29-12-8-10-14-31(29)32/h7-15,21,32-36,40,53H,16-17,19-20,22-24H2,1-6H3/b37-21-/t33-,34?,35-,36-,40+,47+/m0/s1. The van der Waals surface area contributed by atoms with Crippen LogP contribution in [-0.2, 0) is 44.4 Å². The van der Waals surface area contributed by atoms with Crippen LogP contribution in [0.1, 0.15) is 53.1 Å². The molecule has 3 saturated heterocycles. The molecule has 324 valence electrons. The number of carbonyl (C=O) groups excluding carboxylic acids is 2. The molecule has 4 aliphatic heterocycles. The van der Waals surface area contributed by atoms with E-state index >= 15 is 0 Å². The number of rotatable bonds is 13. The van der Waals surface area contributed by atoms with Gasteiger partial charge in [-0.1, -0.05) is 54.6 Å². The van der Waals surface area contributed by atoms with Crippen LogP contribution in [0.3, 0.4) is 0 Å². The average Bonchev–Trinajstić information content (AvgIpc) is 3.88. The van der Waals surface area contributed by atoms with E-state index in [2.05, 4.69) is 41.3 Å². The SMILES string of the molecule is COCO/C(=C\SCC1c2ccccc2-c2ccccc21)C(=O)OC[C@H]1C2=C3OCOC3=C(C)C(=O)[C@@]2(O)CC2[C@@H]3c4c(cc(C)c(OC)c4OCOC)C[C@@H]([C@H](C#N)N21)N3C. The third-order valence-electron chi connectivity index (χ3n) is 13.2. The maximum Gasteiger partial charge on any atom is 0.374 e. The summed E-state index contributed by atoms with van der Waals surface area (Å²) >= 11 is 1.42. The van der Waals surface area contributed by atoms with E-state index in [9.17, 15) is 20.0 Å². The number of esters is 1. The van der Waals surface area contributed by atoms with Crippen molar-refractivity contribution in [3.05, 3.63) is 116 Å². The predicted molar refractivity (Wildman–Crippen MR) is 227 cm³/mol. The van der Waals surface area contributed by atoms with Gasteiger partial charge in [0.1, 0.15) is 12.6 Å². The minimum absolute atomic E-state index is 0.0524. The van der Waals surface area contributed by atoms with E-state index in [4.69, 9.17) is 37.9 Å². The van der Waals surface area contributed by atoms with Crippen molar-refractivity contribution in [3.63, 3.8) is 0 Å². The first-order valence-corrected chi connectivity index (χ1v) is 21.6. The van der Waals surface area contributed by atoms with Crippen molar-refractivity contribution in [3.8, 4) is 28.7 Å². The van der Waals surface area contributed by atoms with Crippen molar-refractivity contribution < 1.29 is 52.6 Å². The number of likely N-dealkylation sites (N-methyl/N-ethyl adjacent to an activating group) is 1. The number of thioether (sulfide) groups is 1. The van der Waals surface area contributed by atoms with E-state index in [0.29, 0.717) is 23.7 Å². The zero-order valence-corrected chi connectivity index (χ0v) is 36.3. The number of hydrogen-bond acceptors (Lipinski definition) is 15. The molecule has 0 amide bonds. The second kappa shape index (κ2) is 16.7. The van der Waals surface area contributed by atoms with Gasteiger partial charge < -0.3 is 43.0 Å². The molecule has 1 N–H and O–H groups in total. The molecule has 0 aromatic heterocycles. The summed E-state index contributed by atoms with van der Waals surface area (Å²) < 4.78 is 46.6. The Bertz CT molecular complexity index is 2410. The normalized spacial score (nSPS) is 26.3. The van der Waals surface area contributed by atoms with Crippen LogP contribution < -0.4 is 9.47 Å². The smallest absolute Gasteiger partial charge is 0.374 e. The molecule has 2 aliphatic carbocycles. The zero-order chi connectivity index (χ0) is 43.4. The number of Topliss-reactive ketones (excluding diaryl/α,β-unsaturated/α-hetero) is 1. The Labute approximate surface area is 364 Å². The van der Waals surface area contributed by atoms with Crippen LogP contribution in [0.2, 0.25) is 0 Å². The summed E-state index contributed by atoms with van der Waals surface area (Å²) in [7, 11) is 6.53. The molecule has 3 aromatic carbocycles. The number of nitriles is 1. The Morgan fingerprint density at radius 2 is 1.68 bits per heavy atom. The monoisotopic (exact) mass is 863 g/mol. The van der Waals surface area contributed by atoms with Crippen LogP contribution in [-0.4, -0.2) is 118 Å². The first-order chi connectivity index (χ1) is 30.1. The number of nitrogens with zero attached hydrogens (tertiary/aromatic N) is 3. The van der Waals surface area contributed by atoms with Crippen LogP contribution >= 0.6 is 11.8 Å². The Kier molecular flexibility index (Phi) is 11.3. The van der Waals surface area contributed by atoms with Gasteiger partial charge in [0.25, 0.3) is 0 Å². The van der Waals surface area contributed by atoms with Gasteiger partial charge >= 0.3 is 5.97 Å². The quantitative estimate of drug-likeness (QED) is 0.0975. The number of piperidine rings is 1. The van der Waals surface area contributed by atoms with Gasteiger partial charge in [-0.3, -0.25) is 14.6 Å². The molecule has 2 bridgehead atoms. The number of carbonyl (C=O) groups is 2. The van der Waals surface area contributed by atoms with Crippen LogP contribution in [0.25, 0.3) is 11.1 Å². The van der Waals surface area contributed by atoms with E-state index in [1.54, 1.807) is 19.4 Å². The Balaban J connectivity index is 1.09. The van der Waals surface area contributed by atoms with Gasteiger partial charge in [0.15, 0.2) is 48.0 Å². The van der Waals surface area contributed by atoms with E-state index < -0.39 is 41.5 Å². The fourth-order valence-corrected chi connectivity index (χ4v) is 11.6. The molecule has 0 saturated carbocycles. The fraction of sp³-hybridized carbons (Fsp3) is 0.426. The minimum Gasteiger partial charge on any atom is -0.493 e. The number of piperazine rings is 1. The lowest BCUT2D eigenvalue weighted by Gasteiger charge is -2.62. The average molecular weight is 864 g/mol. The van der Waals surface area contributed by atoms with Crippen molar-refractivity contribution in [1.82, 2.24) is 9.80 Å². The summed E-state index contributed by atoms with van der Waals surface area (Å²) in [5, 5.41) is 25.6. The number of benzene rings is 3. The summed E-state index contributed by atoms with van der Waals surface area (Å²) in [6.45, 7) is 2.75. The maximum absolute atomic E-state index is 14.5. The molecule has 6 atom stereocenters. The molecular weight excluding hydrogens is 815 g/mol. The lowest BCUT2D eigenvalue weighted by Crippen LogP contribution is -2.74. The number of hydrogen-bond donors (Lipinski definition) is 1. The second-order valence-electron chi connectivity index (χ2n) is 16.4. The molecule has 15 heteroatoms. The third-order valence-corrected chi connectivity index (χ3v) is 14.1. The van der Waals surface area contributed by atoms with Crippen molar-refractivity contribution in [2.75, 3.05) is 61.1 Å². The second-order valence-corrected chi connectivity index (χ2v) is 17.3. The lowest BCUT2D eigenvalue weighted by atomic mass is 9.65. The number of ketones is 1. The van der Waals surface area contributed by atoms with Crippen molar-refractivity contribution in [2.45, 2.75) is 68.4 Å². The molecule has 0 spiro atoms. The maximum atomic E-state index is 14.5. The molecule has 6 aliphatic rings. The van der Waals surface area contributed by atoms with Crippen molar-refractivity contribution >= 4 is 23.5 Å². The van der Waals surface area contributed by atoms with E-state index in [1.165, 1.54) is 48.2 Å². The number of fused-ring (bicyclic) bond motifs is 11. The van der Waals surface area contributed by atoms with Crippen molar-refractivity contribution in [2.24, 2.45) is 0 Å². The number of ether oxygens (including phenoxy) is 8. The van der Waals surface area contributed by atoms with Gasteiger partial charge in [0, 0.05) is 66.5 Å². The Morgan fingerprint density at radius 1 is 0.984 bits per heavy atom. The van der Waals surface area contributed by atoms with Crippen LogP contribution in [0, 0.1) is 18.3 Å². The van der Waals surface area contributed by atoms with Crippen LogP contribution in [0.4, 0.5) is 0 Å². The van der Waals surface area contributed by atoms with Gasteiger partial charge in [-0.25, -0.2) is 4.79 Å². The van der Waals surface area contributed by atoms with Crippen LogP contribution in [0.5, 0.6) is 11.5 Å². The van der Waals surface area contributed by atoms with Gasteiger partial charge in [-0.2, -0.15) is 5.26 Å². The van der Waals surface area contributed by atoms with Gasteiger partial charge in [0.05, 0.1) is 25.3 Å². The van der Waals surface area contributed by atoms with Gasteiger partial charge in [-0.15, -0.1) is 11.8 Å². The van der Waals surface area contributed by atoms with Gasteiger partial charge in [0.2, 0.25) is 12.6 Å². The molecule has 62 heavy (non-hydrogen) atoms. The Morgan fingerprint density at radius 3 is 2.35 bits per heavy atom. The lowest BCUT2D eigenvalue weighted by molar-refractivity contribution is -0.159.